The molecule has 0 bridgehead atoms. The van der Waals surface area contributed by atoms with Gasteiger partial charge in [-0.15, -0.1) is 0 Å². The standard InChI is InChI=1S/C19H21ClFN3O3S/c1-2-23-9-11-24(12-10-23)28(26,27)14-7-8-16(20)15(13-14)19(25)22-18-6-4-3-5-17(18)21/h3-8,13H,2,9-12H2,1H3,(H,22,25). The van der Waals surface area contributed by atoms with Crippen molar-refractivity contribution in [2.24, 2.45) is 0 Å². The topological polar surface area (TPSA) is 69.7 Å². The van der Waals surface area contributed by atoms with Crippen LogP contribution in [0.5, 0.6) is 0 Å². The maximum Gasteiger partial charge on any atom is 0.257 e. The minimum atomic E-state index is -3.75. The molecule has 1 aliphatic heterocycles. The van der Waals surface area contributed by atoms with Gasteiger partial charge in [0.2, 0.25) is 10.0 Å². The van der Waals surface area contributed by atoms with Crippen LogP contribution >= 0.6 is 11.6 Å². The lowest BCUT2D eigenvalue weighted by Crippen LogP contribution is -2.48. The number of piperazine rings is 1. The summed E-state index contributed by atoms with van der Waals surface area (Å²) in [6.45, 7) is 4.98. The van der Waals surface area contributed by atoms with Gasteiger partial charge in [-0.05, 0) is 36.9 Å². The van der Waals surface area contributed by atoms with Gasteiger partial charge < -0.3 is 10.2 Å². The van der Waals surface area contributed by atoms with E-state index >= 15 is 0 Å². The number of halogens is 2. The van der Waals surface area contributed by atoms with Gasteiger partial charge in [0.25, 0.3) is 5.91 Å². The Kier molecular flexibility index (Phi) is 6.34. The lowest BCUT2D eigenvalue weighted by Gasteiger charge is -2.33. The molecule has 0 radical (unpaired) electrons. The zero-order valence-corrected chi connectivity index (χ0v) is 16.9. The Morgan fingerprint density at radius 2 is 1.82 bits per heavy atom. The van der Waals surface area contributed by atoms with E-state index in [-0.39, 0.29) is 21.2 Å². The average Bonchev–Trinajstić information content (AvgIpc) is 2.70. The molecule has 150 valence electrons. The molecule has 1 N–H and O–H groups in total. The molecule has 1 aliphatic rings. The maximum absolute atomic E-state index is 13.8. The second kappa shape index (κ2) is 8.57. The number of amides is 1. The Hall–Kier alpha value is -2.00. The summed E-state index contributed by atoms with van der Waals surface area (Å²) in [7, 11) is -3.75. The molecule has 1 heterocycles. The molecule has 0 unspecified atom stereocenters. The number of carbonyl (C=O) groups excluding carboxylic acids is 1. The van der Waals surface area contributed by atoms with Crippen LogP contribution in [0.1, 0.15) is 17.3 Å². The van der Waals surface area contributed by atoms with Crippen LogP contribution in [0.2, 0.25) is 5.02 Å². The number of nitrogens with one attached hydrogen (secondary N) is 1. The van der Waals surface area contributed by atoms with Crippen molar-refractivity contribution < 1.29 is 17.6 Å². The van der Waals surface area contributed by atoms with Crippen molar-refractivity contribution in [2.45, 2.75) is 11.8 Å². The molecule has 0 aromatic heterocycles. The molecule has 3 rings (SSSR count). The number of hydrogen-bond acceptors (Lipinski definition) is 4. The van der Waals surface area contributed by atoms with Gasteiger partial charge in [0.15, 0.2) is 0 Å². The van der Waals surface area contributed by atoms with Gasteiger partial charge in [0.05, 0.1) is 21.2 Å². The molecule has 0 aliphatic carbocycles. The summed E-state index contributed by atoms with van der Waals surface area (Å²) >= 11 is 6.10. The molecule has 1 amide bonds. The molecular weight excluding hydrogens is 405 g/mol. The summed E-state index contributed by atoms with van der Waals surface area (Å²) in [4.78, 5) is 14.7. The van der Waals surface area contributed by atoms with Gasteiger partial charge in [-0.3, -0.25) is 4.79 Å². The second-order valence-corrected chi connectivity index (χ2v) is 8.76. The Morgan fingerprint density at radius 3 is 2.46 bits per heavy atom. The summed E-state index contributed by atoms with van der Waals surface area (Å²) in [5, 5.41) is 2.51. The van der Waals surface area contributed by atoms with Crippen LogP contribution in [0.15, 0.2) is 47.4 Å². The van der Waals surface area contributed by atoms with Crippen LogP contribution < -0.4 is 5.32 Å². The number of benzene rings is 2. The quantitative estimate of drug-likeness (QED) is 0.799. The van der Waals surface area contributed by atoms with Crippen molar-refractivity contribution in [3.63, 3.8) is 0 Å². The Bertz CT molecular complexity index is 976. The Morgan fingerprint density at radius 1 is 1.14 bits per heavy atom. The van der Waals surface area contributed by atoms with Crippen molar-refractivity contribution in [3.05, 3.63) is 58.9 Å². The lowest BCUT2D eigenvalue weighted by atomic mass is 10.2. The fraction of sp³-hybridized carbons (Fsp3) is 0.316. The zero-order valence-electron chi connectivity index (χ0n) is 15.4. The SMILES string of the molecule is CCN1CCN(S(=O)(=O)c2ccc(Cl)c(C(=O)Nc3ccccc3F)c2)CC1. The summed E-state index contributed by atoms with van der Waals surface area (Å²) in [5.74, 6) is -1.27. The average molecular weight is 426 g/mol. The predicted molar refractivity (Wildman–Crippen MR) is 107 cm³/mol. The highest BCUT2D eigenvalue weighted by Gasteiger charge is 2.29. The number of carbonyl (C=O) groups is 1. The van der Waals surface area contributed by atoms with Crippen LogP contribution in [0.3, 0.4) is 0 Å². The van der Waals surface area contributed by atoms with Gasteiger partial charge in [-0.2, -0.15) is 4.31 Å². The van der Waals surface area contributed by atoms with E-state index in [1.54, 1.807) is 6.07 Å². The number of likely N-dealkylation sites (N-methyl/N-ethyl adjacent to an activating group) is 1. The van der Waals surface area contributed by atoms with Gasteiger partial charge >= 0.3 is 0 Å². The minimum absolute atomic E-state index is 0.00693. The first-order chi connectivity index (χ1) is 13.3. The number of rotatable bonds is 5. The molecule has 28 heavy (non-hydrogen) atoms. The van der Waals surface area contributed by atoms with Crippen LogP contribution in [0.4, 0.5) is 10.1 Å². The van der Waals surface area contributed by atoms with E-state index in [0.29, 0.717) is 26.2 Å². The van der Waals surface area contributed by atoms with Crippen molar-refractivity contribution in [2.75, 3.05) is 38.0 Å². The van der Waals surface area contributed by atoms with E-state index in [9.17, 15) is 17.6 Å². The van der Waals surface area contributed by atoms with Crippen LogP contribution in [0.25, 0.3) is 0 Å². The number of nitrogens with zero attached hydrogens (tertiary/aromatic N) is 2. The van der Waals surface area contributed by atoms with Crippen molar-refractivity contribution in [3.8, 4) is 0 Å². The molecule has 1 fully saturated rings. The minimum Gasteiger partial charge on any atom is -0.319 e. The smallest absolute Gasteiger partial charge is 0.257 e. The fourth-order valence-electron chi connectivity index (χ4n) is 3.03. The van der Waals surface area contributed by atoms with E-state index < -0.39 is 21.7 Å². The van der Waals surface area contributed by atoms with Crippen molar-refractivity contribution in [1.82, 2.24) is 9.21 Å². The highest BCUT2D eigenvalue weighted by molar-refractivity contribution is 7.89. The third kappa shape index (κ3) is 4.35. The number of anilines is 1. The monoisotopic (exact) mass is 425 g/mol. The highest BCUT2D eigenvalue weighted by Crippen LogP contribution is 2.25. The predicted octanol–water partition coefficient (Wildman–Crippen LogP) is 3.06. The molecule has 9 heteroatoms. The third-order valence-corrected chi connectivity index (χ3v) is 6.94. The van der Waals surface area contributed by atoms with E-state index in [1.165, 1.54) is 40.7 Å². The zero-order chi connectivity index (χ0) is 20.3. The molecule has 1 saturated heterocycles. The van der Waals surface area contributed by atoms with Crippen LogP contribution in [-0.4, -0.2) is 56.3 Å². The fourth-order valence-corrected chi connectivity index (χ4v) is 4.68. The third-order valence-electron chi connectivity index (χ3n) is 4.72. The lowest BCUT2D eigenvalue weighted by molar-refractivity contribution is 0.102. The Balaban J connectivity index is 1.85. The van der Waals surface area contributed by atoms with E-state index in [2.05, 4.69) is 10.2 Å². The van der Waals surface area contributed by atoms with E-state index in [1.807, 2.05) is 6.92 Å². The molecular formula is C19H21ClFN3O3S. The summed E-state index contributed by atoms with van der Waals surface area (Å²) in [6, 6.07) is 9.69. The van der Waals surface area contributed by atoms with Gasteiger partial charge in [0, 0.05) is 26.2 Å². The van der Waals surface area contributed by atoms with Gasteiger partial charge in [-0.25, -0.2) is 12.8 Å². The van der Waals surface area contributed by atoms with E-state index in [0.717, 1.165) is 6.54 Å². The summed E-state index contributed by atoms with van der Waals surface area (Å²) in [5.41, 5.74) is -0.0364. The molecule has 2 aromatic rings. The van der Waals surface area contributed by atoms with E-state index in [4.69, 9.17) is 11.6 Å². The molecule has 2 aromatic carbocycles. The first-order valence-corrected chi connectivity index (χ1v) is 10.7. The first kappa shape index (κ1) is 20.7. The molecule has 0 spiro atoms. The second-order valence-electron chi connectivity index (χ2n) is 6.41. The van der Waals surface area contributed by atoms with Crippen LogP contribution in [0, 0.1) is 5.82 Å². The summed E-state index contributed by atoms with van der Waals surface area (Å²) in [6.07, 6.45) is 0. The molecule has 0 saturated carbocycles. The number of hydrogen-bond donors (Lipinski definition) is 1. The van der Waals surface area contributed by atoms with Crippen LogP contribution in [-0.2, 0) is 10.0 Å². The summed E-state index contributed by atoms with van der Waals surface area (Å²) < 4.78 is 41.1. The number of para-hydroxylation sites is 1. The van der Waals surface area contributed by atoms with Crippen molar-refractivity contribution >= 4 is 33.2 Å². The Labute approximate surface area is 168 Å². The first-order valence-electron chi connectivity index (χ1n) is 8.91. The molecule has 6 nitrogen and oxygen atoms in total. The van der Waals surface area contributed by atoms with Crippen molar-refractivity contribution in [1.29, 1.82) is 0 Å². The normalized spacial score (nSPS) is 16.1. The number of sulfonamides is 1. The molecule has 0 atom stereocenters. The largest absolute Gasteiger partial charge is 0.319 e. The van der Waals surface area contributed by atoms with Gasteiger partial charge in [0.1, 0.15) is 5.82 Å². The highest BCUT2D eigenvalue weighted by atomic mass is 35.5. The van der Waals surface area contributed by atoms with Gasteiger partial charge in [-0.1, -0.05) is 30.7 Å². The maximum atomic E-state index is 13.8.